The molecule has 0 saturated heterocycles. The van der Waals surface area contributed by atoms with Gasteiger partial charge in [-0.1, -0.05) is 24.9 Å². The molecule has 144 valence electrons. The van der Waals surface area contributed by atoms with Crippen LogP contribution in [0.3, 0.4) is 0 Å². The second-order valence-corrected chi connectivity index (χ2v) is 6.57. The van der Waals surface area contributed by atoms with Gasteiger partial charge < -0.3 is 14.2 Å². The molecular formula is C19H21ClN2O5. The number of unbranched alkanes of at least 4 members (excludes halogenated alkanes) is 1. The highest BCUT2D eigenvalue weighted by atomic mass is 35.5. The first-order valence-electron chi connectivity index (χ1n) is 8.92. The largest absolute Gasteiger partial charge is 0.489 e. The second kappa shape index (κ2) is 8.90. The summed E-state index contributed by atoms with van der Waals surface area (Å²) in [5.74, 6) is 0.440. The Balaban J connectivity index is 1.70. The molecule has 7 nitrogen and oxygen atoms in total. The summed E-state index contributed by atoms with van der Waals surface area (Å²) in [4.78, 5) is 24.1. The maximum absolute atomic E-state index is 12.3. The molecule has 2 heterocycles. The molecule has 2 aromatic rings. The summed E-state index contributed by atoms with van der Waals surface area (Å²) in [5, 5.41) is 4.49. The third kappa shape index (κ3) is 4.80. The zero-order chi connectivity index (χ0) is 19.2. The van der Waals surface area contributed by atoms with Crippen molar-refractivity contribution in [2.24, 2.45) is 0 Å². The SMILES string of the molecule is CCCCn1nc(C(=O)OCc2cc(Cl)c3c(c2)OCCCO3)ccc1=O. The summed E-state index contributed by atoms with van der Waals surface area (Å²) in [7, 11) is 0. The summed E-state index contributed by atoms with van der Waals surface area (Å²) < 4.78 is 17.8. The van der Waals surface area contributed by atoms with Crippen LogP contribution >= 0.6 is 11.6 Å². The van der Waals surface area contributed by atoms with E-state index in [0.717, 1.165) is 19.3 Å². The Hall–Kier alpha value is -2.54. The van der Waals surface area contributed by atoms with Crippen LogP contribution in [0.5, 0.6) is 11.5 Å². The molecule has 0 bridgehead atoms. The minimum atomic E-state index is -0.608. The van der Waals surface area contributed by atoms with Gasteiger partial charge >= 0.3 is 5.97 Å². The molecule has 27 heavy (non-hydrogen) atoms. The van der Waals surface area contributed by atoms with Crippen LogP contribution in [-0.2, 0) is 17.9 Å². The zero-order valence-corrected chi connectivity index (χ0v) is 15.8. The number of nitrogens with zero attached hydrogens (tertiary/aromatic N) is 2. The second-order valence-electron chi connectivity index (χ2n) is 6.17. The Morgan fingerprint density at radius 3 is 2.93 bits per heavy atom. The molecule has 1 aliphatic heterocycles. The summed E-state index contributed by atoms with van der Waals surface area (Å²) in [6.07, 6.45) is 2.50. The number of benzene rings is 1. The van der Waals surface area contributed by atoms with Crippen LogP contribution in [0.4, 0.5) is 0 Å². The molecule has 0 fully saturated rings. The number of aromatic nitrogens is 2. The molecule has 0 N–H and O–H groups in total. The van der Waals surface area contributed by atoms with Crippen molar-refractivity contribution in [2.75, 3.05) is 13.2 Å². The fourth-order valence-corrected chi connectivity index (χ4v) is 2.90. The predicted octanol–water partition coefficient (Wildman–Crippen LogP) is 3.22. The molecule has 1 aromatic carbocycles. The van der Waals surface area contributed by atoms with E-state index in [1.807, 2.05) is 6.92 Å². The number of aryl methyl sites for hydroxylation is 1. The van der Waals surface area contributed by atoms with Crippen LogP contribution in [0.25, 0.3) is 0 Å². The number of esters is 1. The van der Waals surface area contributed by atoms with Crippen molar-refractivity contribution < 1.29 is 19.0 Å². The molecule has 0 amide bonds. The molecule has 0 atom stereocenters. The lowest BCUT2D eigenvalue weighted by molar-refractivity contribution is 0.0462. The third-order valence-corrected chi connectivity index (χ3v) is 4.31. The number of hydrogen-bond donors (Lipinski definition) is 0. The fourth-order valence-electron chi connectivity index (χ4n) is 2.62. The number of fused-ring (bicyclic) bond motifs is 1. The lowest BCUT2D eigenvalue weighted by Crippen LogP contribution is -2.25. The van der Waals surface area contributed by atoms with Gasteiger partial charge in [-0.3, -0.25) is 4.79 Å². The van der Waals surface area contributed by atoms with Crippen LogP contribution in [0.2, 0.25) is 5.02 Å². The highest BCUT2D eigenvalue weighted by Crippen LogP contribution is 2.38. The summed E-state index contributed by atoms with van der Waals surface area (Å²) in [6, 6.07) is 6.12. The van der Waals surface area contributed by atoms with Gasteiger partial charge in [0.2, 0.25) is 0 Å². The van der Waals surface area contributed by atoms with Crippen molar-refractivity contribution in [1.82, 2.24) is 9.78 Å². The van der Waals surface area contributed by atoms with E-state index >= 15 is 0 Å². The van der Waals surface area contributed by atoms with Gasteiger partial charge in [0.25, 0.3) is 5.56 Å². The fraction of sp³-hybridized carbons (Fsp3) is 0.421. The standard InChI is InChI=1S/C19H21ClN2O5/c1-2-3-7-22-17(23)6-5-15(21-22)19(24)27-12-13-10-14(20)18-16(11-13)25-8-4-9-26-18/h5-6,10-11H,2-4,7-9,12H2,1H3. The number of carbonyl (C=O) groups excluding carboxylic acids is 1. The van der Waals surface area contributed by atoms with Gasteiger partial charge in [-0.05, 0) is 30.2 Å². The molecule has 0 aliphatic carbocycles. The van der Waals surface area contributed by atoms with Gasteiger partial charge in [-0.15, -0.1) is 0 Å². The van der Waals surface area contributed by atoms with E-state index in [4.69, 9.17) is 25.8 Å². The van der Waals surface area contributed by atoms with Gasteiger partial charge in [0, 0.05) is 19.0 Å². The number of halogens is 1. The van der Waals surface area contributed by atoms with Gasteiger partial charge in [0.15, 0.2) is 17.2 Å². The third-order valence-electron chi connectivity index (χ3n) is 4.03. The highest BCUT2D eigenvalue weighted by Gasteiger charge is 2.17. The molecule has 3 rings (SSSR count). The average molecular weight is 393 g/mol. The Kier molecular flexibility index (Phi) is 6.34. The van der Waals surface area contributed by atoms with E-state index in [1.54, 1.807) is 12.1 Å². The lowest BCUT2D eigenvalue weighted by atomic mass is 10.2. The van der Waals surface area contributed by atoms with Crippen molar-refractivity contribution in [3.05, 3.63) is 50.9 Å². The molecule has 1 aromatic heterocycles. The zero-order valence-electron chi connectivity index (χ0n) is 15.1. The Morgan fingerprint density at radius 2 is 2.11 bits per heavy atom. The smallest absolute Gasteiger partial charge is 0.359 e. The van der Waals surface area contributed by atoms with Gasteiger partial charge in [0.05, 0.1) is 18.2 Å². The Bertz CT molecular complexity index is 881. The minimum Gasteiger partial charge on any atom is -0.489 e. The Morgan fingerprint density at radius 1 is 1.30 bits per heavy atom. The minimum absolute atomic E-state index is 0.00492. The van der Waals surface area contributed by atoms with E-state index in [0.29, 0.717) is 41.8 Å². The van der Waals surface area contributed by atoms with E-state index in [-0.39, 0.29) is 17.9 Å². The van der Waals surface area contributed by atoms with Crippen LogP contribution < -0.4 is 15.0 Å². The topological polar surface area (TPSA) is 79.7 Å². The van der Waals surface area contributed by atoms with Gasteiger partial charge in [-0.25, -0.2) is 9.48 Å². The monoisotopic (exact) mass is 392 g/mol. The lowest BCUT2D eigenvalue weighted by Gasteiger charge is -2.12. The van der Waals surface area contributed by atoms with Crippen LogP contribution in [0.1, 0.15) is 42.2 Å². The molecule has 1 aliphatic rings. The average Bonchev–Trinajstić information content (AvgIpc) is 2.91. The maximum atomic E-state index is 12.3. The summed E-state index contributed by atoms with van der Waals surface area (Å²) in [6.45, 7) is 3.57. The van der Waals surface area contributed by atoms with E-state index in [9.17, 15) is 9.59 Å². The molecule has 0 saturated carbocycles. The summed E-state index contributed by atoms with van der Waals surface area (Å²) in [5.41, 5.74) is 0.526. The number of ether oxygens (including phenoxy) is 3. The Labute approximate surface area is 161 Å². The van der Waals surface area contributed by atoms with E-state index in [1.165, 1.54) is 16.8 Å². The highest BCUT2D eigenvalue weighted by molar-refractivity contribution is 6.32. The number of hydrogen-bond acceptors (Lipinski definition) is 6. The molecule has 0 unspecified atom stereocenters. The molecule has 0 spiro atoms. The first-order valence-corrected chi connectivity index (χ1v) is 9.29. The van der Waals surface area contributed by atoms with Crippen molar-refractivity contribution in [1.29, 1.82) is 0 Å². The van der Waals surface area contributed by atoms with Gasteiger partial charge in [0.1, 0.15) is 6.61 Å². The van der Waals surface area contributed by atoms with E-state index in [2.05, 4.69) is 5.10 Å². The van der Waals surface area contributed by atoms with Crippen molar-refractivity contribution >= 4 is 17.6 Å². The van der Waals surface area contributed by atoms with Gasteiger partial charge in [-0.2, -0.15) is 5.10 Å². The first-order chi connectivity index (χ1) is 13.1. The normalized spacial score (nSPS) is 13.1. The van der Waals surface area contributed by atoms with E-state index < -0.39 is 5.97 Å². The van der Waals surface area contributed by atoms with Crippen molar-refractivity contribution in [3.8, 4) is 11.5 Å². The predicted molar refractivity (Wildman–Crippen MR) is 99.6 cm³/mol. The van der Waals surface area contributed by atoms with Crippen LogP contribution in [-0.4, -0.2) is 29.0 Å². The molecular weight excluding hydrogens is 372 g/mol. The quantitative estimate of drug-likeness (QED) is 0.702. The molecule has 8 heteroatoms. The van der Waals surface area contributed by atoms with Crippen LogP contribution in [0, 0.1) is 0 Å². The summed E-state index contributed by atoms with van der Waals surface area (Å²) >= 11 is 6.24. The first kappa shape index (κ1) is 19.2. The van der Waals surface area contributed by atoms with Crippen molar-refractivity contribution in [3.63, 3.8) is 0 Å². The maximum Gasteiger partial charge on any atom is 0.359 e. The number of rotatable bonds is 6. The van der Waals surface area contributed by atoms with Crippen molar-refractivity contribution in [2.45, 2.75) is 39.3 Å². The number of carbonyl (C=O) groups is 1. The van der Waals surface area contributed by atoms with Crippen LogP contribution in [0.15, 0.2) is 29.1 Å². The molecule has 0 radical (unpaired) electrons.